The Morgan fingerprint density at radius 2 is 1.66 bits per heavy atom. The molecule has 0 aliphatic rings. The molecule has 0 bridgehead atoms. The van der Waals surface area contributed by atoms with Crippen molar-refractivity contribution in [2.45, 2.75) is 25.4 Å². The number of aliphatic hydroxyl groups is 1. The molecular weight excluding hydrogens is 558 g/mol. The van der Waals surface area contributed by atoms with E-state index in [1.165, 1.54) is 12.1 Å². The molecule has 44 heavy (non-hydrogen) atoms. The summed E-state index contributed by atoms with van der Waals surface area (Å²) in [6.07, 6.45) is 0.389. The first-order chi connectivity index (χ1) is 21.4. The van der Waals surface area contributed by atoms with E-state index in [1.807, 2.05) is 72.8 Å². The van der Waals surface area contributed by atoms with E-state index in [2.05, 4.69) is 15.6 Å². The molecule has 4 aromatic carbocycles. The van der Waals surface area contributed by atoms with Crippen LogP contribution in [0, 0.1) is 0 Å². The van der Waals surface area contributed by atoms with E-state index in [-0.39, 0.29) is 11.3 Å². The van der Waals surface area contributed by atoms with Crippen LogP contribution in [0.4, 0.5) is 10.5 Å². The maximum atomic E-state index is 11.6. The molecule has 0 radical (unpaired) electrons. The molecule has 1 atom stereocenters. The van der Waals surface area contributed by atoms with E-state index in [1.54, 1.807) is 12.1 Å². The number of aromatic hydroxyl groups is 1. The number of fused-ring (bicyclic) bond motifs is 1. The number of carboxylic acid groups (broad SMARTS) is 1. The van der Waals surface area contributed by atoms with Gasteiger partial charge in [-0.05, 0) is 78.4 Å². The van der Waals surface area contributed by atoms with Crippen LogP contribution in [-0.4, -0.2) is 46.1 Å². The minimum Gasteiger partial charge on any atom is -0.506 e. The van der Waals surface area contributed by atoms with Gasteiger partial charge in [0.2, 0.25) is 5.56 Å². The standard InChI is InChI=1S/C35H35N3O6/c39-31-16-14-28(29-15-17-33(41)38-34(29)31)32(40)22-36-19-18-23-8-11-26(12-9-23)44-20-4-5-24-10-13-27(25-6-2-1-3-7-25)30(21-24)37-35(42)43/h1-3,6-17,21,32,36-37,39-40H,4-5,18-20,22H2,(H,38,41)(H,42,43). The molecule has 226 valence electrons. The topological polar surface area (TPSA) is 144 Å². The van der Waals surface area contributed by atoms with Gasteiger partial charge in [0, 0.05) is 23.6 Å². The number of carbonyl (C=O) groups is 1. The lowest BCUT2D eigenvalue weighted by molar-refractivity contribution is 0.176. The SMILES string of the molecule is O=C(O)Nc1cc(CCCOc2ccc(CCNCC(O)c3ccc(O)c4[nH]c(=O)ccc34)cc2)ccc1-c1ccccc1. The fourth-order valence-corrected chi connectivity index (χ4v) is 5.18. The van der Waals surface area contributed by atoms with Crippen LogP contribution in [0.25, 0.3) is 22.0 Å². The van der Waals surface area contributed by atoms with Crippen molar-refractivity contribution in [2.75, 3.05) is 25.0 Å². The first-order valence-electron chi connectivity index (χ1n) is 14.5. The monoisotopic (exact) mass is 593 g/mol. The maximum absolute atomic E-state index is 11.6. The van der Waals surface area contributed by atoms with E-state index in [4.69, 9.17) is 4.74 Å². The molecule has 0 spiro atoms. The zero-order valence-corrected chi connectivity index (χ0v) is 24.1. The molecule has 6 N–H and O–H groups in total. The fraction of sp³-hybridized carbons (Fsp3) is 0.200. The Kier molecular flexibility index (Phi) is 9.91. The Hall–Kier alpha value is -5.12. The van der Waals surface area contributed by atoms with Crippen LogP contribution in [0.3, 0.4) is 0 Å². The minimum atomic E-state index is -1.10. The van der Waals surface area contributed by atoms with Gasteiger partial charge in [-0.3, -0.25) is 10.1 Å². The van der Waals surface area contributed by atoms with Crippen molar-refractivity contribution in [3.05, 3.63) is 124 Å². The van der Waals surface area contributed by atoms with Crippen LogP contribution in [0.5, 0.6) is 11.5 Å². The second-order valence-corrected chi connectivity index (χ2v) is 10.5. The summed E-state index contributed by atoms with van der Waals surface area (Å²) in [5.41, 5.74) is 5.13. The summed E-state index contributed by atoms with van der Waals surface area (Å²) in [6.45, 7) is 1.51. The number of pyridine rings is 1. The Morgan fingerprint density at radius 3 is 2.43 bits per heavy atom. The third-order valence-electron chi connectivity index (χ3n) is 7.41. The number of benzene rings is 4. The molecule has 1 heterocycles. The lowest BCUT2D eigenvalue weighted by Crippen LogP contribution is -2.24. The Labute approximate surface area is 254 Å². The van der Waals surface area contributed by atoms with E-state index < -0.39 is 12.2 Å². The van der Waals surface area contributed by atoms with Crippen LogP contribution >= 0.6 is 0 Å². The number of aromatic amines is 1. The van der Waals surface area contributed by atoms with E-state index in [0.717, 1.165) is 47.3 Å². The van der Waals surface area contributed by atoms with Crippen LogP contribution in [0.15, 0.2) is 102 Å². The predicted molar refractivity (Wildman–Crippen MR) is 172 cm³/mol. The number of ether oxygens (including phenoxy) is 1. The summed E-state index contributed by atoms with van der Waals surface area (Å²) in [5.74, 6) is 0.744. The van der Waals surface area contributed by atoms with Gasteiger partial charge in [-0.25, -0.2) is 4.79 Å². The average molecular weight is 594 g/mol. The lowest BCUT2D eigenvalue weighted by atomic mass is 10.00. The van der Waals surface area contributed by atoms with Gasteiger partial charge in [0.25, 0.3) is 0 Å². The number of hydrogen-bond donors (Lipinski definition) is 6. The molecule has 0 saturated heterocycles. The summed E-state index contributed by atoms with van der Waals surface area (Å²) >= 11 is 0. The highest BCUT2D eigenvalue weighted by Crippen LogP contribution is 2.30. The number of hydrogen-bond acceptors (Lipinski definition) is 6. The van der Waals surface area contributed by atoms with Crippen molar-refractivity contribution < 1.29 is 24.9 Å². The highest BCUT2D eigenvalue weighted by atomic mass is 16.5. The third kappa shape index (κ3) is 7.83. The Bertz CT molecular complexity index is 1770. The van der Waals surface area contributed by atoms with Gasteiger partial charge in [0.05, 0.1) is 23.9 Å². The number of amides is 1. The number of aliphatic hydroxyl groups excluding tert-OH is 1. The Morgan fingerprint density at radius 1 is 0.886 bits per heavy atom. The minimum absolute atomic E-state index is 0.0352. The van der Waals surface area contributed by atoms with Crippen LogP contribution in [0.1, 0.15) is 29.2 Å². The van der Waals surface area contributed by atoms with Crippen molar-refractivity contribution in [3.63, 3.8) is 0 Å². The molecule has 1 unspecified atom stereocenters. The van der Waals surface area contributed by atoms with Crippen molar-refractivity contribution in [3.8, 4) is 22.6 Å². The van der Waals surface area contributed by atoms with Gasteiger partial charge in [0.15, 0.2) is 0 Å². The first kappa shape index (κ1) is 30.3. The lowest BCUT2D eigenvalue weighted by Gasteiger charge is -2.15. The molecule has 0 aliphatic heterocycles. The van der Waals surface area contributed by atoms with Gasteiger partial charge in [-0.2, -0.15) is 0 Å². The number of anilines is 1. The number of phenols is 1. The quantitative estimate of drug-likeness (QED) is 0.0938. The highest BCUT2D eigenvalue weighted by molar-refractivity contribution is 5.91. The summed E-state index contributed by atoms with van der Waals surface area (Å²) in [4.78, 5) is 25.6. The second-order valence-electron chi connectivity index (χ2n) is 10.5. The summed E-state index contributed by atoms with van der Waals surface area (Å²) in [6, 6.07) is 29.6. The summed E-state index contributed by atoms with van der Waals surface area (Å²) in [7, 11) is 0. The van der Waals surface area contributed by atoms with E-state index in [9.17, 15) is 24.9 Å². The zero-order valence-electron chi connectivity index (χ0n) is 24.1. The summed E-state index contributed by atoms with van der Waals surface area (Å²) < 4.78 is 5.93. The molecular formula is C35H35N3O6. The maximum Gasteiger partial charge on any atom is 0.409 e. The van der Waals surface area contributed by atoms with Crippen molar-refractivity contribution in [1.29, 1.82) is 0 Å². The molecule has 0 fully saturated rings. The molecule has 5 rings (SSSR count). The summed E-state index contributed by atoms with van der Waals surface area (Å²) in [5, 5.41) is 36.5. The average Bonchev–Trinajstić information content (AvgIpc) is 3.02. The predicted octanol–water partition coefficient (Wildman–Crippen LogP) is 5.87. The molecule has 5 aromatic rings. The van der Waals surface area contributed by atoms with Crippen molar-refractivity contribution >= 4 is 22.7 Å². The number of aryl methyl sites for hydroxylation is 1. The highest BCUT2D eigenvalue weighted by Gasteiger charge is 2.14. The largest absolute Gasteiger partial charge is 0.506 e. The first-order valence-corrected chi connectivity index (χ1v) is 14.5. The molecule has 9 heteroatoms. The van der Waals surface area contributed by atoms with Gasteiger partial charge >= 0.3 is 6.09 Å². The second kappa shape index (κ2) is 14.4. The smallest absolute Gasteiger partial charge is 0.409 e. The number of nitrogens with one attached hydrogen (secondary N) is 3. The van der Waals surface area contributed by atoms with E-state index >= 15 is 0 Å². The molecule has 9 nitrogen and oxygen atoms in total. The number of rotatable bonds is 13. The van der Waals surface area contributed by atoms with Crippen LogP contribution < -0.4 is 20.9 Å². The number of aromatic nitrogens is 1. The van der Waals surface area contributed by atoms with Crippen LogP contribution in [-0.2, 0) is 12.8 Å². The zero-order chi connectivity index (χ0) is 30.9. The van der Waals surface area contributed by atoms with Gasteiger partial charge < -0.3 is 30.4 Å². The number of H-pyrrole nitrogens is 1. The fourth-order valence-electron chi connectivity index (χ4n) is 5.18. The molecule has 1 amide bonds. The molecule has 0 saturated carbocycles. The third-order valence-corrected chi connectivity index (χ3v) is 7.41. The normalized spacial score (nSPS) is 11.8. The van der Waals surface area contributed by atoms with Gasteiger partial charge in [-0.15, -0.1) is 0 Å². The van der Waals surface area contributed by atoms with Gasteiger partial charge in [-0.1, -0.05) is 60.7 Å². The van der Waals surface area contributed by atoms with E-state index in [0.29, 0.717) is 41.9 Å². The molecule has 0 aliphatic carbocycles. The molecule has 1 aromatic heterocycles. The Balaban J connectivity index is 1.06. The van der Waals surface area contributed by atoms with Crippen molar-refractivity contribution in [1.82, 2.24) is 10.3 Å². The van der Waals surface area contributed by atoms with Crippen LogP contribution in [0.2, 0.25) is 0 Å². The van der Waals surface area contributed by atoms with Gasteiger partial charge in [0.1, 0.15) is 11.5 Å². The number of phenolic OH excluding ortho intramolecular Hbond substituents is 1. The van der Waals surface area contributed by atoms with Crippen molar-refractivity contribution in [2.24, 2.45) is 0 Å².